The Morgan fingerprint density at radius 3 is 2.71 bits per heavy atom. The van der Waals surface area contributed by atoms with E-state index in [4.69, 9.17) is 0 Å². The third kappa shape index (κ3) is 3.27. The van der Waals surface area contributed by atoms with E-state index in [1.54, 1.807) is 12.4 Å². The first-order valence-corrected chi connectivity index (χ1v) is 6.36. The highest BCUT2D eigenvalue weighted by molar-refractivity contribution is 9.10. The minimum absolute atomic E-state index is 0.276. The summed E-state index contributed by atoms with van der Waals surface area (Å²) in [7, 11) is 0. The van der Waals surface area contributed by atoms with Gasteiger partial charge in [-0.2, -0.15) is 0 Å². The third-order valence-corrected chi connectivity index (χ3v) is 3.05. The van der Waals surface area contributed by atoms with Crippen molar-refractivity contribution in [2.45, 2.75) is 19.4 Å². The van der Waals surface area contributed by atoms with Crippen molar-refractivity contribution < 1.29 is 0 Å². The Hall–Kier alpha value is -1.42. The van der Waals surface area contributed by atoms with Gasteiger partial charge in [-0.3, -0.25) is 0 Å². The van der Waals surface area contributed by atoms with Gasteiger partial charge in [-0.1, -0.05) is 35.0 Å². The summed E-state index contributed by atoms with van der Waals surface area (Å²) in [5.74, 6) is 0. The van der Waals surface area contributed by atoms with E-state index in [2.05, 4.69) is 50.3 Å². The molecule has 0 radical (unpaired) electrons. The van der Waals surface area contributed by atoms with E-state index >= 15 is 0 Å². The van der Waals surface area contributed by atoms with Crippen LogP contribution >= 0.6 is 15.9 Å². The van der Waals surface area contributed by atoms with E-state index in [9.17, 15) is 0 Å². The minimum Gasteiger partial charge on any atom is -0.376 e. The molecule has 1 N–H and O–H groups in total. The van der Waals surface area contributed by atoms with Gasteiger partial charge in [-0.25, -0.2) is 9.97 Å². The molecular formula is C13H14BrN3. The second kappa shape index (κ2) is 5.77. The van der Waals surface area contributed by atoms with E-state index in [1.807, 2.05) is 12.1 Å². The second-order valence-electron chi connectivity index (χ2n) is 3.79. The highest BCUT2D eigenvalue weighted by Gasteiger charge is 2.09. The van der Waals surface area contributed by atoms with Gasteiger partial charge in [0.2, 0.25) is 0 Å². The summed E-state index contributed by atoms with van der Waals surface area (Å²) < 4.78 is 1.10. The fraction of sp³-hybridized carbons (Fsp3) is 0.231. The molecular weight excluding hydrogens is 278 g/mol. The molecule has 3 nitrogen and oxygen atoms in total. The first kappa shape index (κ1) is 12.0. The van der Waals surface area contributed by atoms with Crippen LogP contribution in [-0.4, -0.2) is 9.97 Å². The van der Waals surface area contributed by atoms with Crippen molar-refractivity contribution in [2.75, 3.05) is 5.32 Å². The summed E-state index contributed by atoms with van der Waals surface area (Å²) in [6.45, 7) is 2.16. The monoisotopic (exact) mass is 291 g/mol. The maximum absolute atomic E-state index is 4.00. The zero-order chi connectivity index (χ0) is 12.1. The SMILES string of the molecule is CCC(Nc1cncnc1)c1cccc(Br)c1. The molecule has 2 aromatic rings. The number of halogens is 1. The van der Waals surface area contributed by atoms with Crippen molar-refractivity contribution in [1.82, 2.24) is 9.97 Å². The lowest BCUT2D eigenvalue weighted by atomic mass is 10.0. The van der Waals surface area contributed by atoms with Gasteiger partial charge >= 0.3 is 0 Å². The van der Waals surface area contributed by atoms with Gasteiger partial charge in [0.15, 0.2) is 0 Å². The van der Waals surface area contributed by atoms with Crippen molar-refractivity contribution in [3.8, 4) is 0 Å². The molecule has 0 aliphatic rings. The Labute approximate surface area is 109 Å². The average molecular weight is 292 g/mol. The molecule has 1 aromatic heterocycles. The normalized spacial score (nSPS) is 12.1. The maximum Gasteiger partial charge on any atom is 0.115 e. The molecule has 1 atom stereocenters. The Morgan fingerprint density at radius 2 is 2.06 bits per heavy atom. The van der Waals surface area contributed by atoms with Gasteiger partial charge in [0.1, 0.15) is 6.33 Å². The van der Waals surface area contributed by atoms with Crippen LogP contribution in [0.2, 0.25) is 0 Å². The molecule has 17 heavy (non-hydrogen) atoms. The fourth-order valence-corrected chi connectivity index (χ4v) is 2.14. The smallest absolute Gasteiger partial charge is 0.115 e. The number of hydrogen-bond acceptors (Lipinski definition) is 3. The van der Waals surface area contributed by atoms with Crippen LogP contribution in [-0.2, 0) is 0 Å². The number of hydrogen-bond donors (Lipinski definition) is 1. The Kier molecular flexibility index (Phi) is 4.09. The lowest BCUT2D eigenvalue weighted by molar-refractivity contribution is 0.747. The number of nitrogens with zero attached hydrogens (tertiary/aromatic N) is 2. The minimum atomic E-state index is 0.276. The van der Waals surface area contributed by atoms with Crippen LogP contribution in [0, 0.1) is 0 Å². The van der Waals surface area contributed by atoms with Crippen molar-refractivity contribution in [2.24, 2.45) is 0 Å². The fourth-order valence-electron chi connectivity index (χ4n) is 1.72. The largest absolute Gasteiger partial charge is 0.376 e. The molecule has 0 saturated carbocycles. The molecule has 4 heteroatoms. The van der Waals surface area contributed by atoms with E-state index < -0.39 is 0 Å². The third-order valence-electron chi connectivity index (χ3n) is 2.56. The van der Waals surface area contributed by atoms with Crippen LogP contribution in [0.1, 0.15) is 24.9 Å². The van der Waals surface area contributed by atoms with Crippen molar-refractivity contribution in [3.05, 3.63) is 53.0 Å². The maximum atomic E-state index is 4.00. The summed E-state index contributed by atoms with van der Waals surface area (Å²) in [6, 6.07) is 8.60. The predicted octanol–water partition coefficient (Wildman–Crippen LogP) is 3.80. The number of nitrogens with one attached hydrogen (secondary N) is 1. The zero-order valence-corrected chi connectivity index (χ0v) is 11.2. The molecule has 0 aliphatic carbocycles. The van der Waals surface area contributed by atoms with Crippen LogP contribution in [0.3, 0.4) is 0 Å². The van der Waals surface area contributed by atoms with Crippen LogP contribution in [0.25, 0.3) is 0 Å². The molecule has 0 fully saturated rings. The van der Waals surface area contributed by atoms with Crippen LogP contribution < -0.4 is 5.32 Å². The Balaban J connectivity index is 2.17. The Morgan fingerprint density at radius 1 is 1.29 bits per heavy atom. The van der Waals surface area contributed by atoms with Gasteiger partial charge in [-0.15, -0.1) is 0 Å². The topological polar surface area (TPSA) is 37.8 Å². The van der Waals surface area contributed by atoms with Crippen LogP contribution in [0.4, 0.5) is 5.69 Å². The Bertz CT molecular complexity index is 473. The molecule has 1 aromatic carbocycles. The van der Waals surface area contributed by atoms with Gasteiger partial charge in [0.05, 0.1) is 24.1 Å². The molecule has 1 unspecified atom stereocenters. The van der Waals surface area contributed by atoms with Crippen molar-refractivity contribution in [1.29, 1.82) is 0 Å². The van der Waals surface area contributed by atoms with Gasteiger partial charge in [0, 0.05) is 4.47 Å². The lowest BCUT2D eigenvalue weighted by Gasteiger charge is -2.18. The molecule has 2 rings (SSSR count). The standard InChI is InChI=1S/C13H14BrN3/c1-2-13(10-4-3-5-11(14)6-10)17-12-7-15-9-16-8-12/h3-9,13,17H,2H2,1H3. The number of anilines is 1. The zero-order valence-electron chi connectivity index (χ0n) is 9.60. The van der Waals surface area contributed by atoms with Gasteiger partial charge in [-0.05, 0) is 24.1 Å². The van der Waals surface area contributed by atoms with Crippen LogP contribution in [0.15, 0.2) is 47.5 Å². The summed E-state index contributed by atoms with van der Waals surface area (Å²) in [5, 5.41) is 3.43. The van der Waals surface area contributed by atoms with E-state index in [0.717, 1.165) is 16.6 Å². The molecule has 0 bridgehead atoms. The first-order chi connectivity index (χ1) is 8.29. The quantitative estimate of drug-likeness (QED) is 0.931. The average Bonchev–Trinajstić information content (AvgIpc) is 2.37. The molecule has 1 heterocycles. The summed E-state index contributed by atoms with van der Waals surface area (Å²) in [6.07, 6.45) is 6.11. The number of benzene rings is 1. The van der Waals surface area contributed by atoms with Crippen molar-refractivity contribution >= 4 is 21.6 Å². The van der Waals surface area contributed by atoms with E-state index in [-0.39, 0.29) is 6.04 Å². The predicted molar refractivity (Wildman–Crippen MR) is 72.8 cm³/mol. The highest BCUT2D eigenvalue weighted by Crippen LogP contribution is 2.24. The summed E-state index contributed by atoms with van der Waals surface area (Å²) in [5.41, 5.74) is 2.20. The van der Waals surface area contributed by atoms with Gasteiger partial charge in [0.25, 0.3) is 0 Å². The van der Waals surface area contributed by atoms with E-state index in [0.29, 0.717) is 0 Å². The molecule has 0 aliphatic heterocycles. The summed E-state index contributed by atoms with van der Waals surface area (Å²) in [4.78, 5) is 8.00. The first-order valence-electron chi connectivity index (χ1n) is 5.56. The highest BCUT2D eigenvalue weighted by atomic mass is 79.9. The van der Waals surface area contributed by atoms with Crippen LogP contribution in [0.5, 0.6) is 0 Å². The molecule has 0 saturated heterocycles. The van der Waals surface area contributed by atoms with Crippen molar-refractivity contribution in [3.63, 3.8) is 0 Å². The van der Waals surface area contributed by atoms with Gasteiger partial charge < -0.3 is 5.32 Å². The molecule has 0 spiro atoms. The second-order valence-corrected chi connectivity index (χ2v) is 4.70. The lowest BCUT2D eigenvalue weighted by Crippen LogP contribution is -2.09. The molecule has 0 amide bonds. The number of rotatable bonds is 4. The molecule has 88 valence electrons. The van der Waals surface area contributed by atoms with E-state index in [1.165, 1.54) is 11.9 Å². The number of aromatic nitrogens is 2. The summed E-state index contributed by atoms with van der Waals surface area (Å²) >= 11 is 3.49.